The van der Waals surface area contributed by atoms with Gasteiger partial charge in [-0.15, -0.1) is 12.4 Å². The summed E-state index contributed by atoms with van der Waals surface area (Å²) in [5, 5.41) is 0. The van der Waals surface area contributed by atoms with Crippen LogP contribution in [0.2, 0.25) is 0 Å². The van der Waals surface area contributed by atoms with Gasteiger partial charge in [-0.1, -0.05) is 0 Å². The van der Waals surface area contributed by atoms with Crippen LogP contribution in [-0.4, -0.2) is 0 Å². The van der Waals surface area contributed by atoms with Crippen molar-refractivity contribution < 1.29 is 13.5 Å². The molecule has 0 atom stereocenters. The van der Waals surface area contributed by atoms with Gasteiger partial charge >= 0.3 is 0 Å². The van der Waals surface area contributed by atoms with E-state index < -0.39 is 11.6 Å². The van der Waals surface area contributed by atoms with Crippen molar-refractivity contribution in [1.29, 1.82) is 0 Å². The number of hydrogen-bond donors (Lipinski definition) is 1. The number of anilines is 1. The van der Waals surface area contributed by atoms with Crippen molar-refractivity contribution in [3.05, 3.63) is 54.1 Å². The first-order valence-corrected chi connectivity index (χ1v) is 4.63. The molecule has 2 aromatic carbocycles. The summed E-state index contributed by atoms with van der Waals surface area (Å²) in [7, 11) is 0. The van der Waals surface area contributed by atoms with E-state index >= 15 is 0 Å². The zero-order chi connectivity index (χ0) is 11.5. The largest absolute Gasteiger partial charge is 0.454 e. The predicted octanol–water partition coefficient (Wildman–Crippen LogP) is 3.76. The minimum Gasteiger partial charge on any atom is -0.454 e. The standard InChI is InChI=1S/C12H9F2NO.ClH/c13-8-1-6-12(11(14)7-8)16-10-4-2-9(15)3-5-10;/h1-7H,15H2;1H. The highest BCUT2D eigenvalue weighted by Crippen LogP contribution is 2.25. The van der Waals surface area contributed by atoms with Crippen LogP contribution in [0.3, 0.4) is 0 Å². The van der Waals surface area contributed by atoms with Crippen LogP contribution in [0.1, 0.15) is 0 Å². The molecule has 2 aromatic rings. The molecule has 0 aliphatic heterocycles. The summed E-state index contributed by atoms with van der Waals surface area (Å²) < 4.78 is 31.1. The Balaban J connectivity index is 0.00000144. The first kappa shape index (κ1) is 13.3. The summed E-state index contributed by atoms with van der Waals surface area (Å²) >= 11 is 0. The van der Waals surface area contributed by atoms with Crippen LogP contribution in [0, 0.1) is 11.6 Å². The number of ether oxygens (including phenoxy) is 1. The van der Waals surface area contributed by atoms with Gasteiger partial charge in [-0.3, -0.25) is 0 Å². The zero-order valence-electron chi connectivity index (χ0n) is 8.69. The van der Waals surface area contributed by atoms with Gasteiger partial charge in [-0.05, 0) is 36.4 Å². The minimum absolute atomic E-state index is 0. The van der Waals surface area contributed by atoms with Crippen LogP contribution in [0.5, 0.6) is 11.5 Å². The molecule has 5 heteroatoms. The van der Waals surface area contributed by atoms with Gasteiger partial charge in [-0.2, -0.15) is 0 Å². The van der Waals surface area contributed by atoms with Crippen LogP contribution >= 0.6 is 12.4 Å². The molecule has 0 aromatic heterocycles. The van der Waals surface area contributed by atoms with E-state index in [0.717, 1.165) is 12.1 Å². The molecular weight excluding hydrogens is 248 g/mol. The number of nitrogens with two attached hydrogens (primary N) is 1. The maximum absolute atomic E-state index is 13.2. The molecule has 2 nitrogen and oxygen atoms in total. The van der Waals surface area contributed by atoms with Crippen LogP contribution in [0.15, 0.2) is 42.5 Å². The van der Waals surface area contributed by atoms with Gasteiger partial charge in [-0.25, -0.2) is 8.78 Å². The second kappa shape index (κ2) is 5.50. The quantitative estimate of drug-likeness (QED) is 0.832. The highest BCUT2D eigenvalue weighted by atomic mass is 35.5. The fourth-order valence-corrected chi connectivity index (χ4v) is 1.22. The van der Waals surface area contributed by atoms with Gasteiger partial charge < -0.3 is 10.5 Å². The number of halogens is 3. The van der Waals surface area contributed by atoms with E-state index in [9.17, 15) is 8.78 Å². The summed E-state index contributed by atoms with van der Waals surface area (Å²) in [4.78, 5) is 0. The third-order valence-electron chi connectivity index (χ3n) is 2.00. The van der Waals surface area contributed by atoms with Crippen LogP contribution < -0.4 is 10.5 Å². The Kier molecular flexibility index (Phi) is 4.29. The minimum atomic E-state index is -0.739. The average molecular weight is 258 g/mol. The molecule has 0 bridgehead atoms. The number of benzene rings is 2. The lowest BCUT2D eigenvalue weighted by Gasteiger charge is -2.06. The van der Waals surface area contributed by atoms with Crippen molar-refractivity contribution in [2.24, 2.45) is 0 Å². The van der Waals surface area contributed by atoms with Crippen molar-refractivity contribution >= 4 is 18.1 Å². The van der Waals surface area contributed by atoms with Crippen molar-refractivity contribution in [2.75, 3.05) is 5.73 Å². The van der Waals surface area contributed by atoms with Gasteiger partial charge in [0.2, 0.25) is 0 Å². The Morgan fingerprint density at radius 3 is 2.18 bits per heavy atom. The topological polar surface area (TPSA) is 35.2 Å². The van der Waals surface area contributed by atoms with E-state index in [1.54, 1.807) is 24.3 Å². The third-order valence-corrected chi connectivity index (χ3v) is 2.00. The molecule has 0 unspecified atom stereocenters. The molecular formula is C12H10ClF2NO. The van der Waals surface area contributed by atoms with E-state index in [1.807, 2.05) is 0 Å². The van der Waals surface area contributed by atoms with Crippen molar-refractivity contribution in [3.63, 3.8) is 0 Å². The molecule has 2 rings (SSSR count). The fourth-order valence-electron chi connectivity index (χ4n) is 1.22. The summed E-state index contributed by atoms with van der Waals surface area (Å²) in [5.41, 5.74) is 6.08. The maximum Gasteiger partial charge on any atom is 0.168 e. The summed E-state index contributed by atoms with van der Waals surface area (Å²) in [6.07, 6.45) is 0. The number of nitrogen functional groups attached to an aromatic ring is 1. The van der Waals surface area contributed by atoms with Crippen molar-refractivity contribution in [1.82, 2.24) is 0 Å². The Morgan fingerprint density at radius 2 is 1.59 bits per heavy atom. The average Bonchev–Trinajstić information content (AvgIpc) is 2.25. The highest BCUT2D eigenvalue weighted by molar-refractivity contribution is 5.85. The van der Waals surface area contributed by atoms with Gasteiger partial charge in [0.05, 0.1) is 0 Å². The van der Waals surface area contributed by atoms with E-state index in [4.69, 9.17) is 10.5 Å². The molecule has 0 aliphatic rings. The lowest BCUT2D eigenvalue weighted by Crippen LogP contribution is -1.90. The Morgan fingerprint density at radius 1 is 0.941 bits per heavy atom. The first-order chi connectivity index (χ1) is 7.65. The van der Waals surface area contributed by atoms with E-state index in [1.165, 1.54) is 6.07 Å². The number of hydrogen-bond acceptors (Lipinski definition) is 2. The summed E-state index contributed by atoms with van der Waals surface area (Å²) in [6, 6.07) is 9.63. The molecule has 0 heterocycles. The monoisotopic (exact) mass is 257 g/mol. The third kappa shape index (κ3) is 3.32. The maximum atomic E-state index is 13.2. The fraction of sp³-hybridized carbons (Fsp3) is 0. The molecule has 2 N–H and O–H groups in total. The molecule has 0 amide bonds. The molecule has 0 spiro atoms. The van der Waals surface area contributed by atoms with E-state index in [-0.39, 0.29) is 18.2 Å². The summed E-state index contributed by atoms with van der Waals surface area (Å²) in [6.45, 7) is 0. The van der Waals surface area contributed by atoms with Gasteiger partial charge in [0.1, 0.15) is 11.6 Å². The molecule has 0 fully saturated rings. The van der Waals surface area contributed by atoms with E-state index in [0.29, 0.717) is 11.4 Å². The first-order valence-electron chi connectivity index (χ1n) is 4.63. The Bertz CT molecular complexity index is 502. The molecule has 0 radical (unpaired) electrons. The van der Waals surface area contributed by atoms with Gasteiger partial charge in [0.25, 0.3) is 0 Å². The second-order valence-electron chi connectivity index (χ2n) is 3.25. The van der Waals surface area contributed by atoms with E-state index in [2.05, 4.69) is 0 Å². The predicted molar refractivity (Wildman–Crippen MR) is 64.5 cm³/mol. The van der Waals surface area contributed by atoms with Crippen molar-refractivity contribution in [3.8, 4) is 11.5 Å². The second-order valence-corrected chi connectivity index (χ2v) is 3.25. The van der Waals surface area contributed by atoms with Crippen molar-refractivity contribution in [2.45, 2.75) is 0 Å². The normalized spacial score (nSPS) is 9.53. The van der Waals surface area contributed by atoms with Crippen LogP contribution in [0.4, 0.5) is 14.5 Å². The molecule has 17 heavy (non-hydrogen) atoms. The SMILES string of the molecule is Cl.Nc1ccc(Oc2ccc(F)cc2F)cc1. The van der Waals surface area contributed by atoms with Gasteiger partial charge in [0, 0.05) is 11.8 Å². The smallest absolute Gasteiger partial charge is 0.168 e. The lowest BCUT2D eigenvalue weighted by molar-refractivity contribution is 0.438. The Labute approximate surface area is 103 Å². The van der Waals surface area contributed by atoms with Crippen LogP contribution in [-0.2, 0) is 0 Å². The van der Waals surface area contributed by atoms with Crippen LogP contribution in [0.25, 0.3) is 0 Å². The highest BCUT2D eigenvalue weighted by Gasteiger charge is 2.05. The summed E-state index contributed by atoms with van der Waals surface area (Å²) in [5.74, 6) is -0.954. The number of rotatable bonds is 2. The lowest BCUT2D eigenvalue weighted by atomic mass is 10.3. The molecule has 0 aliphatic carbocycles. The molecule has 0 saturated heterocycles. The Hall–Kier alpha value is -1.81. The molecule has 90 valence electrons. The van der Waals surface area contributed by atoms with Gasteiger partial charge in [0.15, 0.2) is 11.6 Å². The molecule has 0 saturated carbocycles. The zero-order valence-corrected chi connectivity index (χ0v) is 9.51.